The number of likely N-dealkylation sites (tertiary alicyclic amines) is 1. The largest absolute Gasteiger partial charge is 0.481 e. The first-order chi connectivity index (χ1) is 8.00. The van der Waals surface area contributed by atoms with Crippen LogP contribution in [0.3, 0.4) is 0 Å². The minimum Gasteiger partial charge on any atom is -0.481 e. The molecular weight excluding hydrogens is 226 g/mol. The van der Waals surface area contributed by atoms with Crippen molar-refractivity contribution in [1.29, 1.82) is 0 Å². The molecule has 0 bridgehead atoms. The van der Waals surface area contributed by atoms with Crippen molar-refractivity contribution in [3.8, 4) is 0 Å². The van der Waals surface area contributed by atoms with Crippen molar-refractivity contribution >= 4 is 17.9 Å². The van der Waals surface area contributed by atoms with Crippen LogP contribution in [0.25, 0.3) is 0 Å². The van der Waals surface area contributed by atoms with Gasteiger partial charge in [-0.15, -0.1) is 0 Å². The highest BCUT2D eigenvalue weighted by molar-refractivity contribution is 5.78. The maximum absolute atomic E-state index is 11.7. The van der Waals surface area contributed by atoms with Crippen LogP contribution in [-0.2, 0) is 9.59 Å². The van der Waals surface area contributed by atoms with Gasteiger partial charge in [-0.2, -0.15) is 0 Å². The Morgan fingerprint density at radius 2 is 2.12 bits per heavy atom. The number of primary amides is 1. The molecule has 96 valence electrons. The Morgan fingerprint density at radius 1 is 1.41 bits per heavy atom. The van der Waals surface area contributed by atoms with E-state index in [1.165, 1.54) is 4.90 Å². The van der Waals surface area contributed by atoms with Crippen molar-refractivity contribution in [3.63, 3.8) is 0 Å². The lowest BCUT2D eigenvalue weighted by molar-refractivity contribution is -0.138. The van der Waals surface area contributed by atoms with Crippen molar-refractivity contribution in [2.75, 3.05) is 13.1 Å². The quantitative estimate of drug-likeness (QED) is 0.604. The third-order valence-corrected chi connectivity index (χ3v) is 2.70. The molecule has 0 aromatic heterocycles. The normalized spacial score (nSPS) is 19.1. The second-order valence-electron chi connectivity index (χ2n) is 4.04. The van der Waals surface area contributed by atoms with Gasteiger partial charge in [-0.25, -0.2) is 4.79 Å². The maximum Gasteiger partial charge on any atom is 0.317 e. The molecule has 3 amide bonds. The lowest BCUT2D eigenvalue weighted by Crippen LogP contribution is -2.44. The predicted octanol–water partition coefficient (Wildman–Crippen LogP) is -0.489. The summed E-state index contributed by atoms with van der Waals surface area (Å²) in [6.07, 6.45) is 1.56. The average molecular weight is 243 g/mol. The minimum absolute atomic E-state index is 0.0385. The Kier molecular flexibility index (Phi) is 4.74. The van der Waals surface area contributed by atoms with E-state index in [1.807, 2.05) is 0 Å². The van der Waals surface area contributed by atoms with E-state index in [9.17, 15) is 14.4 Å². The Balaban J connectivity index is 2.39. The lowest BCUT2D eigenvalue weighted by Gasteiger charge is -2.23. The minimum atomic E-state index is -0.910. The number of nitrogens with two attached hydrogens (primary N) is 1. The van der Waals surface area contributed by atoms with E-state index in [2.05, 4.69) is 5.32 Å². The molecule has 0 saturated carbocycles. The van der Waals surface area contributed by atoms with Crippen LogP contribution in [0.1, 0.15) is 25.7 Å². The van der Waals surface area contributed by atoms with Crippen LogP contribution < -0.4 is 11.1 Å². The number of carbonyl (C=O) groups excluding carboxylic acids is 2. The average Bonchev–Trinajstić information content (AvgIpc) is 2.64. The van der Waals surface area contributed by atoms with Gasteiger partial charge in [-0.05, 0) is 12.8 Å². The van der Waals surface area contributed by atoms with Crippen LogP contribution in [-0.4, -0.2) is 47.0 Å². The number of aliphatic carboxylic acids is 1. The highest BCUT2D eigenvalue weighted by atomic mass is 16.4. The summed E-state index contributed by atoms with van der Waals surface area (Å²) >= 11 is 0. The number of hydrogen-bond acceptors (Lipinski definition) is 3. The van der Waals surface area contributed by atoms with Gasteiger partial charge in [0.25, 0.3) is 0 Å². The Bertz CT molecular complexity index is 319. The SMILES string of the molecule is NC(=O)CCNC(=O)N1CCCC1CC(=O)O. The molecule has 1 aliphatic heterocycles. The summed E-state index contributed by atoms with van der Waals surface area (Å²) in [5.41, 5.74) is 4.94. The fourth-order valence-electron chi connectivity index (χ4n) is 1.91. The third kappa shape index (κ3) is 4.29. The van der Waals surface area contributed by atoms with Crippen LogP contribution in [0.4, 0.5) is 4.79 Å². The molecule has 7 heteroatoms. The number of carbonyl (C=O) groups is 3. The van der Waals surface area contributed by atoms with E-state index in [0.717, 1.165) is 6.42 Å². The number of nitrogens with zero attached hydrogens (tertiary/aromatic N) is 1. The third-order valence-electron chi connectivity index (χ3n) is 2.70. The van der Waals surface area contributed by atoms with E-state index in [-0.39, 0.29) is 31.5 Å². The zero-order valence-corrected chi connectivity index (χ0v) is 9.52. The Hall–Kier alpha value is -1.79. The number of urea groups is 1. The summed E-state index contributed by atoms with van der Waals surface area (Å²) in [6, 6.07) is -0.573. The maximum atomic E-state index is 11.7. The van der Waals surface area contributed by atoms with Gasteiger partial charge in [0.05, 0.1) is 6.42 Å². The van der Waals surface area contributed by atoms with E-state index in [4.69, 9.17) is 10.8 Å². The van der Waals surface area contributed by atoms with Gasteiger partial charge < -0.3 is 21.1 Å². The monoisotopic (exact) mass is 243 g/mol. The Labute approximate surface area is 98.9 Å². The van der Waals surface area contributed by atoms with Gasteiger partial charge in [0.1, 0.15) is 0 Å². The molecule has 17 heavy (non-hydrogen) atoms. The summed E-state index contributed by atoms with van der Waals surface area (Å²) < 4.78 is 0. The van der Waals surface area contributed by atoms with E-state index >= 15 is 0 Å². The highest BCUT2D eigenvalue weighted by Crippen LogP contribution is 2.19. The molecule has 1 rings (SSSR count). The van der Waals surface area contributed by atoms with Crippen molar-refractivity contribution in [3.05, 3.63) is 0 Å². The van der Waals surface area contributed by atoms with Gasteiger partial charge in [-0.1, -0.05) is 0 Å². The van der Waals surface area contributed by atoms with Gasteiger partial charge >= 0.3 is 12.0 Å². The van der Waals surface area contributed by atoms with Crippen molar-refractivity contribution in [2.24, 2.45) is 5.73 Å². The molecule has 1 fully saturated rings. The zero-order valence-electron chi connectivity index (χ0n) is 9.52. The topological polar surface area (TPSA) is 113 Å². The van der Waals surface area contributed by atoms with Gasteiger partial charge in [0, 0.05) is 25.6 Å². The molecule has 0 aromatic carbocycles. The zero-order chi connectivity index (χ0) is 12.8. The lowest BCUT2D eigenvalue weighted by atomic mass is 10.1. The van der Waals surface area contributed by atoms with Crippen LogP contribution in [0.15, 0.2) is 0 Å². The second kappa shape index (κ2) is 6.07. The van der Waals surface area contributed by atoms with Crippen LogP contribution in [0, 0.1) is 0 Å². The molecule has 1 heterocycles. The van der Waals surface area contributed by atoms with Gasteiger partial charge in [0.15, 0.2) is 0 Å². The summed E-state index contributed by atoms with van der Waals surface area (Å²) in [6.45, 7) is 0.741. The van der Waals surface area contributed by atoms with Crippen molar-refractivity contribution in [1.82, 2.24) is 10.2 Å². The first-order valence-electron chi connectivity index (χ1n) is 5.55. The summed E-state index contributed by atoms with van der Waals surface area (Å²) in [5, 5.41) is 11.3. The van der Waals surface area contributed by atoms with Crippen molar-refractivity contribution in [2.45, 2.75) is 31.7 Å². The summed E-state index contributed by atoms with van der Waals surface area (Å²) in [4.78, 5) is 34.3. The number of nitrogens with one attached hydrogen (secondary N) is 1. The first kappa shape index (κ1) is 13.3. The molecule has 0 aromatic rings. The van der Waals surface area contributed by atoms with E-state index < -0.39 is 11.9 Å². The smallest absolute Gasteiger partial charge is 0.317 e. The molecule has 1 atom stereocenters. The molecule has 4 N–H and O–H groups in total. The van der Waals surface area contributed by atoms with Crippen molar-refractivity contribution < 1.29 is 19.5 Å². The fraction of sp³-hybridized carbons (Fsp3) is 0.700. The number of rotatable bonds is 5. The highest BCUT2D eigenvalue weighted by Gasteiger charge is 2.30. The number of carboxylic acids is 1. The van der Waals surface area contributed by atoms with Gasteiger partial charge in [-0.3, -0.25) is 9.59 Å². The fourth-order valence-corrected chi connectivity index (χ4v) is 1.91. The summed E-state index contributed by atoms with van der Waals surface area (Å²) in [7, 11) is 0. The molecule has 0 radical (unpaired) electrons. The van der Waals surface area contributed by atoms with Crippen LogP contribution in [0.2, 0.25) is 0 Å². The predicted molar refractivity (Wildman–Crippen MR) is 59.2 cm³/mol. The first-order valence-corrected chi connectivity index (χ1v) is 5.55. The number of carboxylic acid groups (broad SMARTS) is 1. The standard InChI is InChI=1S/C10H17N3O4/c11-8(14)3-4-12-10(17)13-5-1-2-7(13)6-9(15)16/h7H,1-6H2,(H2,11,14)(H,12,17)(H,15,16). The van der Waals surface area contributed by atoms with Crippen LogP contribution in [0.5, 0.6) is 0 Å². The molecule has 0 spiro atoms. The molecule has 1 saturated heterocycles. The van der Waals surface area contributed by atoms with E-state index in [0.29, 0.717) is 13.0 Å². The molecular formula is C10H17N3O4. The molecule has 1 aliphatic rings. The number of amides is 3. The number of hydrogen-bond donors (Lipinski definition) is 3. The van der Waals surface area contributed by atoms with Gasteiger partial charge in [0.2, 0.25) is 5.91 Å². The Morgan fingerprint density at radius 3 is 2.71 bits per heavy atom. The molecule has 7 nitrogen and oxygen atoms in total. The van der Waals surface area contributed by atoms with E-state index in [1.54, 1.807) is 0 Å². The molecule has 0 aliphatic carbocycles. The second-order valence-corrected chi connectivity index (χ2v) is 4.04. The summed E-state index contributed by atoms with van der Waals surface area (Å²) in [5.74, 6) is -1.39. The molecule has 1 unspecified atom stereocenters. The van der Waals surface area contributed by atoms with Crippen LogP contribution >= 0.6 is 0 Å².